The summed E-state index contributed by atoms with van der Waals surface area (Å²) in [6.45, 7) is 1.47. The van der Waals surface area contributed by atoms with Crippen molar-refractivity contribution in [3.63, 3.8) is 0 Å². The number of rotatable bonds is 6. The van der Waals surface area contributed by atoms with Crippen LogP contribution in [0.2, 0.25) is 5.02 Å². The number of carbonyl (C=O) groups is 2. The van der Waals surface area contributed by atoms with E-state index in [2.05, 4.69) is 0 Å². The summed E-state index contributed by atoms with van der Waals surface area (Å²) in [5.41, 5.74) is 0.997. The molecule has 0 unspecified atom stereocenters. The maximum atomic E-state index is 12.3. The fourth-order valence-electron chi connectivity index (χ4n) is 2.96. The topological polar surface area (TPSA) is 57.6 Å². The molecule has 1 aromatic rings. The Kier molecular flexibility index (Phi) is 6.25. The molecule has 0 aromatic heterocycles. The van der Waals surface area contributed by atoms with Gasteiger partial charge >= 0.3 is 5.97 Å². The van der Waals surface area contributed by atoms with E-state index in [1.165, 1.54) is 0 Å². The first-order valence-electron chi connectivity index (χ1n) is 7.79. The Labute approximate surface area is 136 Å². The van der Waals surface area contributed by atoms with Crippen molar-refractivity contribution in [3.8, 4) is 0 Å². The number of halogens is 1. The molecular weight excluding hydrogens is 302 g/mol. The smallest absolute Gasteiger partial charge is 0.303 e. The number of hydrogen-bond donors (Lipinski definition) is 1. The third-order valence-corrected chi connectivity index (χ3v) is 4.57. The predicted octanol–water partition coefficient (Wildman–Crippen LogP) is 3.38. The van der Waals surface area contributed by atoms with Crippen LogP contribution in [-0.4, -0.2) is 35.0 Å². The molecule has 1 heterocycles. The first-order chi connectivity index (χ1) is 10.6. The van der Waals surface area contributed by atoms with Crippen molar-refractivity contribution in [1.29, 1.82) is 0 Å². The van der Waals surface area contributed by atoms with Crippen LogP contribution in [0.5, 0.6) is 0 Å². The van der Waals surface area contributed by atoms with E-state index in [9.17, 15) is 9.59 Å². The van der Waals surface area contributed by atoms with E-state index >= 15 is 0 Å². The molecule has 1 N–H and O–H groups in total. The maximum Gasteiger partial charge on any atom is 0.303 e. The maximum absolute atomic E-state index is 12.3. The molecule has 120 valence electrons. The highest BCUT2D eigenvalue weighted by atomic mass is 35.5. The first kappa shape index (κ1) is 16.8. The molecule has 1 amide bonds. The molecule has 2 rings (SSSR count). The lowest BCUT2D eigenvalue weighted by Gasteiger charge is -2.32. The van der Waals surface area contributed by atoms with E-state index in [-0.39, 0.29) is 12.3 Å². The molecule has 5 heteroatoms. The minimum absolute atomic E-state index is 0.139. The molecule has 1 aliphatic rings. The van der Waals surface area contributed by atoms with E-state index in [0.29, 0.717) is 36.7 Å². The quantitative estimate of drug-likeness (QED) is 0.873. The number of carboxylic acids is 1. The highest BCUT2D eigenvalue weighted by Crippen LogP contribution is 2.22. The van der Waals surface area contributed by atoms with Crippen molar-refractivity contribution < 1.29 is 14.7 Å². The third kappa shape index (κ3) is 5.02. The lowest BCUT2D eigenvalue weighted by Crippen LogP contribution is -2.40. The number of aryl methyl sites for hydroxylation is 1. The Balaban J connectivity index is 1.81. The monoisotopic (exact) mass is 323 g/mol. The van der Waals surface area contributed by atoms with Crippen LogP contribution in [-0.2, 0) is 16.0 Å². The molecule has 1 fully saturated rings. The fraction of sp³-hybridized carbons (Fsp3) is 0.529. The summed E-state index contributed by atoms with van der Waals surface area (Å²) in [4.78, 5) is 24.9. The summed E-state index contributed by atoms with van der Waals surface area (Å²) in [5.74, 6) is -0.309. The van der Waals surface area contributed by atoms with Gasteiger partial charge in [0.25, 0.3) is 0 Å². The summed E-state index contributed by atoms with van der Waals surface area (Å²) in [7, 11) is 0. The van der Waals surface area contributed by atoms with Gasteiger partial charge < -0.3 is 10.0 Å². The van der Waals surface area contributed by atoms with Crippen molar-refractivity contribution in [1.82, 2.24) is 4.90 Å². The lowest BCUT2D eigenvalue weighted by molar-refractivity contribution is -0.137. The van der Waals surface area contributed by atoms with Gasteiger partial charge in [-0.05, 0) is 43.2 Å². The zero-order valence-corrected chi connectivity index (χ0v) is 13.4. The van der Waals surface area contributed by atoms with Crippen molar-refractivity contribution >= 4 is 23.5 Å². The van der Waals surface area contributed by atoms with E-state index in [1.54, 1.807) is 0 Å². The van der Waals surface area contributed by atoms with Gasteiger partial charge in [-0.3, -0.25) is 9.59 Å². The number of likely N-dealkylation sites (tertiary alicyclic amines) is 1. The van der Waals surface area contributed by atoms with E-state index < -0.39 is 5.97 Å². The highest BCUT2D eigenvalue weighted by Gasteiger charge is 2.23. The third-order valence-electron chi connectivity index (χ3n) is 4.20. The summed E-state index contributed by atoms with van der Waals surface area (Å²) < 4.78 is 0. The molecule has 1 aromatic carbocycles. The van der Waals surface area contributed by atoms with E-state index in [4.69, 9.17) is 16.7 Å². The Morgan fingerprint density at radius 1 is 1.27 bits per heavy atom. The average Bonchev–Trinajstić information content (AvgIpc) is 2.52. The summed E-state index contributed by atoms with van der Waals surface area (Å²) in [5, 5.41) is 9.46. The molecule has 22 heavy (non-hydrogen) atoms. The molecular formula is C17H22ClNO3. The zero-order valence-electron chi connectivity index (χ0n) is 12.6. The van der Waals surface area contributed by atoms with Gasteiger partial charge in [-0.2, -0.15) is 0 Å². The van der Waals surface area contributed by atoms with Crippen molar-refractivity contribution in [2.24, 2.45) is 5.92 Å². The van der Waals surface area contributed by atoms with Gasteiger partial charge in [-0.15, -0.1) is 0 Å². The Bertz CT molecular complexity index is 532. The highest BCUT2D eigenvalue weighted by molar-refractivity contribution is 6.31. The largest absolute Gasteiger partial charge is 0.481 e. The molecule has 0 radical (unpaired) electrons. The van der Waals surface area contributed by atoms with Crippen LogP contribution in [0, 0.1) is 5.92 Å². The second-order valence-electron chi connectivity index (χ2n) is 5.87. The number of benzene rings is 1. The molecule has 0 saturated carbocycles. The first-order valence-corrected chi connectivity index (χ1v) is 8.17. The number of aliphatic carboxylic acids is 1. The van der Waals surface area contributed by atoms with E-state index in [1.807, 2.05) is 29.2 Å². The minimum Gasteiger partial charge on any atom is -0.481 e. The van der Waals surface area contributed by atoms with Gasteiger partial charge in [0, 0.05) is 31.0 Å². The molecule has 0 spiro atoms. The molecule has 1 aliphatic heterocycles. The number of carbonyl (C=O) groups excluding carboxylic acids is 1. The number of hydrogen-bond acceptors (Lipinski definition) is 2. The molecule has 1 saturated heterocycles. The zero-order chi connectivity index (χ0) is 15.9. The van der Waals surface area contributed by atoms with Gasteiger partial charge in [0.2, 0.25) is 5.91 Å². The summed E-state index contributed by atoms with van der Waals surface area (Å²) >= 11 is 6.11. The molecule has 1 atom stereocenters. The standard InChI is InChI=1S/C17H22ClNO3/c18-15-6-2-1-5-14(15)8-9-16(20)19-11-3-4-13(12-19)7-10-17(21)22/h1-2,5-6,13H,3-4,7-12H2,(H,21,22)/t13-/m0/s1. The van der Waals surface area contributed by atoms with Gasteiger partial charge in [0.15, 0.2) is 0 Å². The number of amides is 1. The SMILES string of the molecule is O=C(O)CC[C@@H]1CCCN(C(=O)CCc2ccccc2Cl)C1. The van der Waals surface area contributed by atoms with Crippen LogP contribution in [0.4, 0.5) is 0 Å². The number of piperidine rings is 1. The predicted molar refractivity (Wildman–Crippen MR) is 85.9 cm³/mol. The Morgan fingerprint density at radius 2 is 2.05 bits per heavy atom. The number of carboxylic acid groups (broad SMARTS) is 1. The van der Waals surface area contributed by atoms with E-state index in [0.717, 1.165) is 24.9 Å². The molecule has 0 aliphatic carbocycles. The molecule has 4 nitrogen and oxygen atoms in total. The lowest BCUT2D eigenvalue weighted by atomic mass is 9.93. The van der Waals surface area contributed by atoms with Crippen molar-refractivity contribution in [2.75, 3.05) is 13.1 Å². The van der Waals surface area contributed by atoms with Crippen molar-refractivity contribution in [3.05, 3.63) is 34.9 Å². The molecule has 0 bridgehead atoms. The summed E-state index contributed by atoms with van der Waals surface area (Å²) in [6.07, 6.45) is 3.92. The van der Waals surface area contributed by atoms with Crippen LogP contribution in [0.3, 0.4) is 0 Å². The fourth-order valence-corrected chi connectivity index (χ4v) is 3.19. The van der Waals surface area contributed by atoms with Crippen LogP contribution < -0.4 is 0 Å². The van der Waals surface area contributed by atoms with Crippen LogP contribution >= 0.6 is 11.6 Å². The van der Waals surface area contributed by atoms with Crippen LogP contribution in [0.25, 0.3) is 0 Å². The second-order valence-corrected chi connectivity index (χ2v) is 6.28. The van der Waals surface area contributed by atoms with Crippen molar-refractivity contribution in [2.45, 2.75) is 38.5 Å². The van der Waals surface area contributed by atoms with Gasteiger partial charge in [-0.1, -0.05) is 29.8 Å². The Morgan fingerprint density at radius 3 is 2.77 bits per heavy atom. The van der Waals surface area contributed by atoms with Gasteiger partial charge in [0.05, 0.1) is 0 Å². The number of nitrogens with zero attached hydrogens (tertiary/aromatic N) is 1. The minimum atomic E-state index is -0.762. The van der Waals surface area contributed by atoms with Gasteiger partial charge in [0.1, 0.15) is 0 Å². The van der Waals surface area contributed by atoms with Crippen LogP contribution in [0.15, 0.2) is 24.3 Å². The normalized spacial score (nSPS) is 18.2. The summed E-state index contributed by atoms with van der Waals surface area (Å²) in [6, 6.07) is 7.59. The van der Waals surface area contributed by atoms with Gasteiger partial charge in [-0.25, -0.2) is 0 Å². The van der Waals surface area contributed by atoms with Crippen LogP contribution in [0.1, 0.15) is 37.7 Å². The average molecular weight is 324 g/mol. The Hall–Kier alpha value is -1.55. The second kappa shape index (κ2) is 8.18.